The molecule has 142 valence electrons. The molecular weight excluding hydrogens is 346 g/mol. The van der Waals surface area contributed by atoms with Gasteiger partial charge in [-0.1, -0.05) is 18.2 Å². The molecule has 0 radical (unpaired) electrons. The van der Waals surface area contributed by atoms with Gasteiger partial charge < -0.3 is 25.8 Å². The number of carbonyl (C=O) groups is 2. The Morgan fingerprint density at radius 2 is 1.85 bits per heavy atom. The van der Waals surface area contributed by atoms with Crippen LogP contribution in [0.25, 0.3) is 6.08 Å². The van der Waals surface area contributed by atoms with Gasteiger partial charge in [-0.3, -0.25) is 4.79 Å². The van der Waals surface area contributed by atoms with Crippen LogP contribution in [0.4, 0.5) is 10.5 Å². The number of amides is 3. The van der Waals surface area contributed by atoms with Crippen LogP contribution in [0, 0.1) is 0 Å². The second kappa shape index (κ2) is 9.86. The van der Waals surface area contributed by atoms with E-state index in [1.165, 1.54) is 6.08 Å². The van der Waals surface area contributed by atoms with Crippen molar-refractivity contribution in [2.75, 3.05) is 19.0 Å². The largest absolute Gasteiger partial charge is 0.493 e. The third-order valence-electron chi connectivity index (χ3n) is 3.60. The fourth-order valence-electron chi connectivity index (χ4n) is 2.33. The van der Waals surface area contributed by atoms with Crippen molar-refractivity contribution in [3.8, 4) is 11.5 Å². The Hall–Kier alpha value is -3.48. The predicted octanol–water partition coefficient (Wildman–Crippen LogP) is 2.91. The van der Waals surface area contributed by atoms with E-state index < -0.39 is 6.03 Å². The van der Waals surface area contributed by atoms with Gasteiger partial charge in [-0.2, -0.15) is 0 Å². The van der Waals surface area contributed by atoms with Crippen molar-refractivity contribution in [1.82, 2.24) is 5.32 Å². The quantitative estimate of drug-likeness (QED) is 0.623. The van der Waals surface area contributed by atoms with Crippen molar-refractivity contribution >= 4 is 23.7 Å². The van der Waals surface area contributed by atoms with E-state index in [1.807, 2.05) is 19.1 Å². The lowest BCUT2D eigenvalue weighted by atomic mass is 10.2. The number of urea groups is 1. The SMILES string of the molecule is CCOc1cc(/C=C/C(=O)NCc2ccc(NC(N)=O)cc2)ccc1OC. The summed E-state index contributed by atoms with van der Waals surface area (Å²) in [5.74, 6) is 1.06. The van der Waals surface area contributed by atoms with E-state index >= 15 is 0 Å². The lowest BCUT2D eigenvalue weighted by Crippen LogP contribution is -2.20. The van der Waals surface area contributed by atoms with Crippen LogP contribution >= 0.6 is 0 Å². The molecule has 0 aliphatic carbocycles. The molecular formula is C20H23N3O4. The molecule has 0 aromatic heterocycles. The molecule has 0 atom stereocenters. The lowest BCUT2D eigenvalue weighted by Gasteiger charge is -2.09. The smallest absolute Gasteiger partial charge is 0.316 e. The summed E-state index contributed by atoms with van der Waals surface area (Å²) in [7, 11) is 1.58. The molecule has 0 fully saturated rings. The summed E-state index contributed by atoms with van der Waals surface area (Å²) in [4.78, 5) is 22.8. The van der Waals surface area contributed by atoms with E-state index in [1.54, 1.807) is 43.5 Å². The first kappa shape index (κ1) is 19.8. The highest BCUT2D eigenvalue weighted by Crippen LogP contribution is 2.28. The van der Waals surface area contributed by atoms with Gasteiger partial charge in [0.15, 0.2) is 11.5 Å². The van der Waals surface area contributed by atoms with Gasteiger partial charge in [0.1, 0.15) is 0 Å². The van der Waals surface area contributed by atoms with E-state index in [4.69, 9.17) is 15.2 Å². The van der Waals surface area contributed by atoms with Gasteiger partial charge in [-0.05, 0) is 48.4 Å². The minimum atomic E-state index is -0.618. The molecule has 3 amide bonds. The molecule has 0 aliphatic heterocycles. The van der Waals surface area contributed by atoms with Gasteiger partial charge in [-0.25, -0.2) is 4.79 Å². The highest BCUT2D eigenvalue weighted by Gasteiger charge is 2.04. The van der Waals surface area contributed by atoms with Crippen LogP contribution in [-0.4, -0.2) is 25.7 Å². The number of ether oxygens (including phenoxy) is 2. The second-order valence-electron chi connectivity index (χ2n) is 5.58. The monoisotopic (exact) mass is 369 g/mol. The minimum absolute atomic E-state index is 0.219. The van der Waals surface area contributed by atoms with E-state index in [0.717, 1.165) is 11.1 Å². The molecule has 0 heterocycles. The zero-order valence-electron chi connectivity index (χ0n) is 15.3. The molecule has 4 N–H and O–H groups in total. The topological polar surface area (TPSA) is 103 Å². The number of nitrogens with one attached hydrogen (secondary N) is 2. The number of hydrogen-bond acceptors (Lipinski definition) is 4. The molecule has 2 aromatic rings. The Morgan fingerprint density at radius 1 is 1.11 bits per heavy atom. The van der Waals surface area contributed by atoms with Crippen molar-refractivity contribution in [2.45, 2.75) is 13.5 Å². The first-order valence-corrected chi connectivity index (χ1v) is 8.44. The Morgan fingerprint density at radius 3 is 2.48 bits per heavy atom. The molecule has 7 heteroatoms. The molecule has 0 bridgehead atoms. The Kier molecular flexibility index (Phi) is 7.25. The van der Waals surface area contributed by atoms with Crippen LogP contribution in [-0.2, 0) is 11.3 Å². The molecule has 2 rings (SSSR count). The number of rotatable bonds is 8. The Bertz CT molecular complexity index is 816. The lowest BCUT2D eigenvalue weighted by molar-refractivity contribution is -0.116. The molecule has 0 saturated carbocycles. The number of hydrogen-bond donors (Lipinski definition) is 3. The molecule has 0 spiro atoms. The maximum Gasteiger partial charge on any atom is 0.316 e. The fourth-order valence-corrected chi connectivity index (χ4v) is 2.33. The number of methoxy groups -OCH3 is 1. The minimum Gasteiger partial charge on any atom is -0.493 e. The van der Waals surface area contributed by atoms with E-state index in [0.29, 0.717) is 30.3 Å². The summed E-state index contributed by atoms with van der Waals surface area (Å²) >= 11 is 0. The van der Waals surface area contributed by atoms with Gasteiger partial charge >= 0.3 is 6.03 Å². The third-order valence-corrected chi connectivity index (χ3v) is 3.60. The Labute approximate surface area is 158 Å². The van der Waals surface area contributed by atoms with Crippen LogP contribution in [0.3, 0.4) is 0 Å². The number of primary amides is 1. The normalized spacial score (nSPS) is 10.4. The maximum absolute atomic E-state index is 12.0. The molecule has 27 heavy (non-hydrogen) atoms. The van der Waals surface area contributed by atoms with Crippen LogP contribution in [0.5, 0.6) is 11.5 Å². The van der Waals surface area contributed by atoms with Gasteiger partial charge in [0.25, 0.3) is 0 Å². The first-order valence-electron chi connectivity index (χ1n) is 8.44. The average molecular weight is 369 g/mol. The van der Waals surface area contributed by atoms with Gasteiger partial charge in [0, 0.05) is 18.3 Å². The zero-order valence-corrected chi connectivity index (χ0v) is 15.3. The summed E-state index contributed by atoms with van der Waals surface area (Å²) in [6.07, 6.45) is 3.16. The number of anilines is 1. The van der Waals surface area contributed by atoms with Gasteiger partial charge in [0.05, 0.1) is 13.7 Å². The van der Waals surface area contributed by atoms with Crippen molar-refractivity contribution in [3.63, 3.8) is 0 Å². The first-order chi connectivity index (χ1) is 13.0. The second-order valence-corrected chi connectivity index (χ2v) is 5.58. The molecule has 7 nitrogen and oxygen atoms in total. The van der Waals surface area contributed by atoms with Crippen LogP contribution in [0.1, 0.15) is 18.1 Å². The maximum atomic E-state index is 12.0. The highest BCUT2D eigenvalue weighted by atomic mass is 16.5. The van der Waals surface area contributed by atoms with Gasteiger partial charge in [-0.15, -0.1) is 0 Å². The summed E-state index contributed by atoms with van der Waals surface area (Å²) in [5, 5.41) is 5.28. The molecule has 0 unspecified atom stereocenters. The summed E-state index contributed by atoms with van der Waals surface area (Å²) in [5.41, 5.74) is 7.38. The van der Waals surface area contributed by atoms with Crippen molar-refractivity contribution in [2.24, 2.45) is 5.73 Å². The summed E-state index contributed by atoms with van der Waals surface area (Å²) in [6.45, 7) is 2.79. The van der Waals surface area contributed by atoms with Crippen LogP contribution in [0.15, 0.2) is 48.5 Å². The van der Waals surface area contributed by atoms with Crippen molar-refractivity contribution < 1.29 is 19.1 Å². The highest BCUT2D eigenvalue weighted by molar-refractivity contribution is 5.91. The van der Waals surface area contributed by atoms with Crippen molar-refractivity contribution in [3.05, 3.63) is 59.7 Å². The fraction of sp³-hybridized carbons (Fsp3) is 0.200. The molecule has 0 aliphatic rings. The zero-order chi connectivity index (χ0) is 19.6. The molecule has 0 saturated heterocycles. The third kappa shape index (κ3) is 6.39. The number of carbonyl (C=O) groups excluding carboxylic acids is 2. The van der Waals surface area contributed by atoms with Gasteiger partial charge in [0.2, 0.25) is 5.91 Å². The van der Waals surface area contributed by atoms with Crippen molar-refractivity contribution in [1.29, 1.82) is 0 Å². The average Bonchev–Trinajstić information content (AvgIpc) is 2.66. The van der Waals surface area contributed by atoms with Crippen LogP contribution < -0.4 is 25.8 Å². The van der Waals surface area contributed by atoms with Crippen LogP contribution in [0.2, 0.25) is 0 Å². The van der Waals surface area contributed by atoms with E-state index in [-0.39, 0.29) is 5.91 Å². The van der Waals surface area contributed by atoms with E-state index in [9.17, 15) is 9.59 Å². The molecule has 2 aromatic carbocycles. The summed E-state index contributed by atoms with van der Waals surface area (Å²) in [6, 6.07) is 11.9. The number of benzene rings is 2. The Balaban J connectivity index is 1.91. The van der Waals surface area contributed by atoms with E-state index in [2.05, 4.69) is 10.6 Å². The number of nitrogens with two attached hydrogens (primary N) is 1. The summed E-state index contributed by atoms with van der Waals surface area (Å²) < 4.78 is 10.8. The predicted molar refractivity (Wildman–Crippen MR) is 105 cm³/mol. The standard InChI is InChI=1S/C20H23N3O4/c1-3-27-18-12-14(6-10-17(18)26-2)7-11-19(24)22-13-15-4-8-16(9-5-15)23-20(21)25/h4-12H,3,13H2,1-2H3,(H,22,24)(H3,21,23,25)/b11-7+.